The molecule has 8 N–H and O–H groups in total. The quantitative estimate of drug-likeness (QED) is 0.165. The molecule has 42 heavy (non-hydrogen) atoms. The van der Waals surface area contributed by atoms with Gasteiger partial charge in [-0.1, -0.05) is 12.1 Å². The highest BCUT2D eigenvalue weighted by Gasteiger charge is 2.51. The second-order valence-corrected chi connectivity index (χ2v) is 9.98. The van der Waals surface area contributed by atoms with Gasteiger partial charge in [0.2, 0.25) is 11.2 Å². The van der Waals surface area contributed by atoms with Gasteiger partial charge in [-0.3, -0.25) is 9.59 Å². The summed E-state index contributed by atoms with van der Waals surface area (Å²) in [5.74, 6) is -8.56. The third-order valence-electron chi connectivity index (χ3n) is 7.41. The number of hydrogen-bond donors (Lipinski definition) is 8. The number of phenolic OH excluding ortho intramolecular Hbond substituents is 5. The zero-order chi connectivity index (χ0) is 30.0. The molecule has 0 saturated carbocycles. The number of rotatable bonds is 3. The second kappa shape index (κ2) is 9.49. The molecule has 0 amide bonds. The summed E-state index contributed by atoms with van der Waals surface area (Å²) in [6.45, 7) is 0. The van der Waals surface area contributed by atoms with Gasteiger partial charge in [0.05, 0.1) is 17.9 Å². The van der Waals surface area contributed by atoms with Crippen LogP contribution in [0, 0.1) is 5.92 Å². The zero-order valence-corrected chi connectivity index (χ0v) is 21.3. The lowest BCUT2D eigenvalue weighted by molar-refractivity contribution is 0.0377. The molecule has 2 unspecified atom stereocenters. The fraction of sp³-hybridized carbons (Fsp3) is 0.133. The predicted molar refractivity (Wildman–Crippen MR) is 144 cm³/mol. The van der Waals surface area contributed by atoms with Crippen molar-refractivity contribution in [2.45, 2.75) is 18.1 Å². The Hall–Kier alpha value is -5.62. The van der Waals surface area contributed by atoms with Crippen LogP contribution in [0.15, 0.2) is 69.9 Å². The molecule has 2 aliphatic rings. The van der Waals surface area contributed by atoms with Crippen LogP contribution in [0.1, 0.15) is 39.3 Å². The molecule has 12 heteroatoms. The van der Waals surface area contributed by atoms with Crippen LogP contribution in [0.3, 0.4) is 0 Å². The Balaban J connectivity index is 1.61. The minimum Gasteiger partial charge on any atom is -0.508 e. The Morgan fingerprint density at radius 1 is 0.690 bits per heavy atom. The SMILES string of the molecule is O=C1c2c(O)cc(O)cc2O[C@@H](c2ccc(O)cc2)[C@@H]1C1c2oc(-c3ccc(O)c(O)c3)c(O)c(=O)c2C(O)=CC1O. The average Bonchev–Trinajstić information content (AvgIpc) is 2.92. The van der Waals surface area contributed by atoms with Crippen molar-refractivity contribution in [3.8, 4) is 51.6 Å². The zero-order valence-electron chi connectivity index (χ0n) is 21.3. The molecular weight excluding hydrogens is 552 g/mol. The van der Waals surface area contributed by atoms with Crippen LogP contribution in [-0.2, 0) is 0 Å². The van der Waals surface area contributed by atoms with Gasteiger partial charge in [0.1, 0.15) is 51.7 Å². The molecule has 1 aliphatic carbocycles. The minimum atomic E-state index is -1.66. The first-order valence-electron chi connectivity index (χ1n) is 12.5. The number of ether oxygens (including phenoxy) is 1. The summed E-state index contributed by atoms with van der Waals surface area (Å²) in [6, 6.07) is 11.0. The van der Waals surface area contributed by atoms with Crippen LogP contribution in [0.25, 0.3) is 17.1 Å². The highest BCUT2D eigenvalue weighted by atomic mass is 16.5. The number of aliphatic hydroxyl groups is 2. The summed E-state index contributed by atoms with van der Waals surface area (Å²) < 4.78 is 12.0. The average molecular weight is 574 g/mol. The maximum Gasteiger partial charge on any atom is 0.238 e. The van der Waals surface area contributed by atoms with Crippen molar-refractivity contribution in [2.24, 2.45) is 5.92 Å². The van der Waals surface area contributed by atoms with E-state index < -0.39 is 81.1 Å². The molecule has 1 aromatic heterocycles. The van der Waals surface area contributed by atoms with Crippen molar-refractivity contribution >= 4 is 11.5 Å². The number of benzene rings is 3. The number of aliphatic hydroxyl groups excluding tert-OH is 2. The molecule has 0 bridgehead atoms. The lowest BCUT2D eigenvalue weighted by Gasteiger charge is -2.39. The normalized spacial score (nSPS) is 21.2. The van der Waals surface area contributed by atoms with E-state index in [0.717, 1.165) is 30.3 Å². The monoisotopic (exact) mass is 574 g/mol. The molecule has 6 rings (SSSR count). The third-order valence-corrected chi connectivity index (χ3v) is 7.41. The first-order valence-corrected chi connectivity index (χ1v) is 12.5. The summed E-state index contributed by atoms with van der Waals surface area (Å²) in [5, 5.41) is 82.8. The largest absolute Gasteiger partial charge is 0.508 e. The van der Waals surface area contributed by atoms with Gasteiger partial charge in [-0.05, 0) is 42.0 Å². The van der Waals surface area contributed by atoms with Crippen LogP contribution in [0.5, 0.6) is 40.2 Å². The maximum absolute atomic E-state index is 14.1. The van der Waals surface area contributed by atoms with E-state index in [9.17, 15) is 50.4 Å². The smallest absolute Gasteiger partial charge is 0.238 e. The molecule has 2 heterocycles. The topological polar surface area (TPSA) is 218 Å². The fourth-order valence-electron chi connectivity index (χ4n) is 5.49. The van der Waals surface area contributed by atoms with Crippen LogP contribution in [-0.4, -0.2) is 52.7 Å². The molecule has 0 spiro atoms. The van der Waals surface area contributed by atoms with E-state index in [1.165, 1.54) is 30.3 Å². The number of aromatic hydroxyl groups is 6. The van der Waals surface area contributed by atoms with Crippen molar-refractivity contribution in [1.29, 1.82) is 0 Å². The van der Waals surface area contributed by atoms with E-state index >= 15 is 0 Å². The molecule has 4 atom stereocenters. The van der Waals surface area contributed by atoms with Gasteiger partial charge in [-0.25, -0.2) is 0 Å². The Morgan fingerprint density at radius 2 is 1.40 bits per heavy atom. The number of carbonyl (C=O) groups excluding carboxylic acids is 1. The maximum atomic E-state index is 14.1. The number of phenols is 5. The molecule has 12 nitrogen and oxygen atoms in total. The lowest BCUT2D eigenvalue weighted by Crippen LogP contribution is -2.42. The van der Waals surface area contributed by atoms with Crippen LogP contribution in [0.4, 0.5) is 0 Å². The van der Waals surface area contributed by atoms with Gasteiger partial charge in [-0.15, -0.1) is 0 Å². The molecule has 4 aromatic rings. The summed E-state index contributed by atoms with van der Waals surface area (Å²) in [6.07, 6.45) is -2.00. The van der Waals surface area contributed by atoms with Crippen molar-refractivity contribution in [3.05, 3.63) is 93.3 Å². The lowest BCUT2D eigenvalue weighted by atomic mass is 9.71. The van der Waals surface area contributed by atoms with E-state index in [1.807, 2.05) is 0 Å². The van der Waals surface area contributed by atoms with Crippen molar-refractivity contribution < 1.29 is 54.8 Å². The van der Waals surface area contributed by atoms with Crippen molar-refractivity contribution in [3.63, 3.8) is 0 Å². The number of ketones is 1. The second-order valence-electron chi connectivity index (χ2n) is 9.98. The molecule has 0 radical (unpaired) electrons. The summed E-state index contributed by atoms with van der Waals surface area (Å²) in [5.41, 5.74) is -1.68. The van der Waals surface area contributed by atoms with E-state index in [4.69, 9.17) is 9.15 Å². The van der Waals surface area contributed by atoms with E-state index in [0.29, 0.717) is 5.56 Å². The van der Waals surface area contributed by atoms with E-state index in [-0.39, 0.29) is 28.4 Å². The Morgan fingerprint density at radius 3 is 2.10 bits per heavy atom. The molecule has 3 aromatic carbocycles. The molecule has 0 fully saturated rings. The van der Waals surface area contributed by atoms with Crippen LogP contribution in [0.2, 0.25) is 0 Å². The molecule has 214 valence electrons. The first kappa shape index (κ1) is 26.6. The number of carbonyl (C=O) groups is 1. The fourth-order valence-corrected chi connectivity index (χ4v) is 5.49. The van der Waals surface area contributed by atoms with Gasteiger partial charge >= 0.3 is 0 Å². The molecule has 0 saturated heterocycles. The summed E-state index contributed by atoms with van der Waals surface area (Å²) in [4.78, 5) is 27.5. The van der Waals surface area contributed by atoms with Gasteiger partial charge in [0, 0.05) is 17.7 Å². The Labute approximate surface area is 235 Å². The van der Waals surface area contributed by atoms with Crippen LogP contribution < -0.4 is 10.2 Å². The van der Waals surface area contributed by atoms with Crippen molar-refractivity contribution in [2.75, 3.05) is 0 Å². The van der Waals surface area contributed by atoms with Gasteiger partial charge in [0.25, 0.3) is 0 Å². The van der Waals surface area contributed by atoms with E-state index in [2.05, 4.69) is 0 Å². The number of hydrogen-bond acceptors (Lipinski definition) is 12. The number of fused-ring (bicyclic) bond motifs is 2. The number of Topliss-reactive ketones (excluding diaryl/α,β-unsaturated/α-hetero) is 1. The molecular formula is C30H22O12. The Kier molecular flexibility index (Phi) is 6.01. The van der Waals surface area contributed by atoms with Crippen molar-refractivity contribution in [1.82, 2.24) is 0 Å². The predicted octanol–water partition coefficient (Wildman–Crippen LogP) is 3.53. The highest BCUT2D eigenvalue weighted by molar-refractivity contribution is 6.05. The van der Waals surface area contributed by atoms with Gasteiger partial charge in [0.15, 0.2) is 23.0 Å². The Bertz CT molecular complexity index is 1850. The third kappa shape index (κ3) is 4.04. The summed E-state index contributed by atoms with van der Waals surface area (Å²) >= 11 is 0. The van der Waals surface area contributed by atoms with Crippen LogP contribution >= 0.6 is 0 Å². The minimum absolute atomic E-state index is 0.0512. The highest BCUT2D eigenvalue weighted by Crippen LogP contribution is 2.52. The van der Waals surface area contributed by atoms with Gasteiger partial charge in [-0.2, -0.15) is 0 Å². The summed E-state index contributed by atoms with van der Waals surface area (Å²) in [7, 11) is 0. The van der Waals surface area contributed by atoms with E-state index in [1.54, 1.807) is 0 Å². The van der Waals surface area contributed by atoms with Gasteiger partial charge < -0.3 is 50.0 Å². The molecule has 1 aliphatic heterocycles. The standard InChI is InChI=1S/C30H22O12/c31-13-4-1-11(2-5-13)28-24(25(38)21-17(35)8-14(32)9-20(21)41-28)22-18(36)10-19(37)23-26(39)27(40)29(42-30(22)23)12-3-6-15(33)16(34)7-12/h1-10,18,22,24,28,31-37,40H/t18?,22?,24-,28+/m1/s1. The first-order chi connectivity index (χ1) is 20.0.